The van der Waals surface area contributed by atoms with Crippen molar-refractivity contribution in [3.63, 3.8) is 0 Å². The lowest BCUT2D eigenvalue weighted by molar-refractivity contribution is -0.146. The summed E-state index contributed by atoms with van der Waals surface area (Å²) in [4.78, 5) is 22.3. The maximum atomic E-state index is 11.3. The fourth-order valence-electron chi connectivity index (χ4n) is 1.59. The summed E-state index contributed by atoms with van der Waals surface area (Å²) in [6, 6.07) is 0. The summed E-state index contributed by atoms with van der Waals surface area (Å²) in [6.07, 6.45) is 7.00. The highest BCUT2D eigenvalue weighted by molar-refractivity contribution is 5.96. The summed E-state index contributed by atoms with van der Waals surface area (Å²) in [6.45, 7) is 4.84. The van der Waals surface area contributed by atoms with Crippen LogP contribution in [0, 0.1) is 0 Å². The van der Waals surface area contributed by atoms with Gasteiger partial charge in [0, 0.05) is 6.61 Å². The molecule has 0 unspecified atom stereocenters. The van der Waals surface area contributed by atoms with Crippen LogP contribution in [0.2, 0.25) is 0 Å². The number of hydrogen-bond donors (Lipinski definition) is 0. The molecule has 4 heteroatoms. The number of hydrogen-bond acceptors (Lipinski definition) is 4. The molecule has 18 heavy (non-hydrogen) atoms. The molecule has 0 aliphatic rings. The van der Waals surface area contributed by atoms with Gasteiger partial charge in [-0.3, -0.25) is 9.59 Å². The van der Waals surface area contributed by atoms with Gasteiger partial charge < -0.3 is 9.47 Å². The molecule has 0 heterocycles. The van der Waals surface area contributed by atoms with Gasteiger partial charge in [0.15, 0.2) is 5.78 Å². The normalized spacial score (nSPS) is 10.3. The van der Waals surface area contributed by atoms with Crippen molar-refractivity contribution in [2.24, 2.45) is 0 Å². The molecule has 0 N–H and O–H groups in total. The van der Waals surface area contributed by atoms with E-state index in [0.29, 0.717) is 13.2 Å². The third kappa shape index (κ3) is 11.6. The lowest BCUT2D eigenvalue weighted by Crippen LogP contribution is -2.16. The Labute approximate surface area is 110 Å². The van der Waals surface area contributed by atoms with E-state index in [1.807, 2.05) is 0 Å². The van der Waals surface area contributed by atoms with E-state index in [4.69, 9.17) is 4.74 Å². The summed E-state index contributed by atoms with van der Waals surface area (Å²) in [5, 5.41) is 0. The molecule has 0 aliphatic heterocycles. The summed E-state index contributed by atoms with van der Waals surface area (Å²) in [5.41, 5.74) is 0. The van der Waals surface area contributed by atoms with Crippen molar-refractivity contribution in [3.8, 4) is 0 Å². The number of rotatable bonds is 12. The first kappa shape index (κ1) is 17.1. The second kappa shape index (κ2) is 12.6. The monoisotopic (exact) mass is 258 g/mol. The van der Waals surface area contributed by atoms with Gasteiger partial charge in [0.2, 0.25) is 0 Å². The molecular weight excluding hydrogens is 232 g/mol. The lowest BCUT2D eigenvalue weighted by Gasteiger charge is -2.04. The Hall–Kier alpha value is -0.900. The van der Waals surface area contributed by atoms with Gasteiger partial charge in [-0.15, -0.1) is 0 Å². The summed E-state index contributed by atoms with van der Waals surface area (Å²) >= 11 is 0. The van der Waals surface area contributed by atoms with Crippen molar-refractivity contribution in [2.45, 2.75) is 58.8 Å². The Morgan fingerprint density at radius 2 is 1.61 bits per heavy atom. The fraction of sp³-hybridized carbons (Fsp3) is 0.857. The lowest BCUT2D eigenvalue weighted by atomic mass is 10.1. The van der Waals surface area contributed by atoms with Gasteiger partial charge in [-0.05, 0) is 13.3 Å². The first-order chi connectivity index (χ1) is 8.70. The number of ketones is 1. The fourth-order valence-corrected chi connectivity index (χ4v) is 1.59. The Kier molecular flexibility index (Phi) is 11.9. The average molecular weight is 258 g/mol. The molecule has 0 amide bonds. The minimum Gasteiger partial charge on any atom is -0.466 e. The number of Topliss-reactive ketones (excluding diaryl/α,β-unsaturated/α-hetero) is 1. The SMILES string of the molecule is CCCCCCCCOCC(=O)CC(=O)OCC. The molecule has 0 aromatic rings. The number of carbonyl (C=O) groups is 2. The zero-order valence-electron chi connectivity index (χ0n) is 11.7. The molecule has 0 saturated carbocycles. The molecule has 0 rings (SSSR count). The summed E-state index contributed by atoms with van der Waals surface area (Å²) in [7, 11) is 0. The Balaban J connectivity index is 3.27. The summed E-state index contributed by atoms with van der Waals surface area (Å²) in [5.74, 6) is -0.676. The molecule has 0 fully saturated rings. The highest BCUT2D eigenvalue weighted by Gasteiger charge is 2.09. The predicted octanol–water partition coefficient (Wildman–Crippen LogP) is 2.89. The topological polar surface area (TPSA) is 52.6 Å². The van der Waals surface area contributed by atoms with E-state index in [1.54, 1.807) is 6.92 Å². The molecular formula is C14H26O4. The van der Waals surface area contributed by atoms with Crippen LogP contribution in [0.15, 0.2) is 0 Å². The second-order valence-electron chi connectivity index (χ2n) is 4.34. The Morgan fingerprint density at radius 3 is 2.28 bits per heavy atom. The quantitative estimate of drug-likeness (QED) is 0.307. The zero-order chi connectivity index (χ0) is 13.6. The van der Waals surface area contributed by atoms with Crippen LogP contribution in [-0.4, -0.2) is 31.6 Å². The number of ether oxygens (including phenoxy) is 2. The molecule has 0 atom stereocenters. The molecule has 4 nitrogen and oxygen atoms in total. The van der Waals surface area contributed by atoms with Crippen LogP contribution in [0.4, 0.5) is 0 Å². The molecule has 0 bridgehead atoms. The molecule has 0 aromatic carbocycles. The van der Waals surface area contributed by atoms with E-state index in [1.165, 1.54) is 25.7 Å². The van der Waals surface area contributed by atoms with Gasteiger partial charge in [-0.2, -0.15) is 0 Å². The minimum atomic E-state index is -0.467. The van der Waals surface area contributed by atoms with Crippen molar-refractivity contribution < 1.29 is 19.1 Å². The first-order valence-corrected chi connectivity index (χ1v) is 6.95. The smallest absolute Gasteiger partial charge is 0.313 e. The Morgan fingerprint density at radius 1 is 0.944 bits per heavy atom. The van der Waals surface area contributed by atoms with Crippen molar-refractivity contribution in [3.05, 3.63) is 0 Å². The van der Waals surface area contributed by atoms with Crippen LogP contribution in [0.25, 0.3) is 0 Å². The largest absolute Gasteiger partial charge is 0.466 e. The van der Waals surface area contributed by atoms with E-state index in [0.717, 1.165) is 12.8 Å². The van der Waals surface area contributed by atoms with Crippen LogP contribution in [0.1, 0.15) is 58.8 Å². The zero-order valence-corrected chi connectivity index (χ0v) is 11.7. The third-order valence-corrected chi connectivity index (χ3v) is 2.55. The molecule has 0 aliphatic carbocycles. The molecule has 106 valence electrons. The molecule has 0 spiro atoms. The highest BCUT2D eigenvalue weighted by Crippen LogP contribution is 2.04. The van der Waals surface area contributed by atoms with E-state index < -0.39 is 5.97 Å². The van der Waals surface area contributed by atoms with E-state index >= 15 is 0 Å². The van der Waals surface area contributed by atoms with Crippen LogP contribution >= 0.6 is 0 Å². The van der Waals surface area contributed by atoms with Gasteiger partial charge in [0.25, 0.3) is 0 Å². The van der Waals surface area contributed by atoms with E-state index in [-0.39, 0.29) is 18.8 Å². The van der Waals surface area contributed by atoms with Gasteiger partial charge in [-0.1, -0.05) is 39.0 Å². The maximum Gasteiger partial charge on any atom is 0.313 e. The number of carbonyl (C=O) groups excluding carboxylic acids is 2. The van der Waals surface area contributed by atoms with Gasteiger partial charge in [0.05, 0.1) is 6.61 Å². The average Bonchev–Trinajstić information content (AvgIpc) is 2.32. The predicted molar refractivity (Wildman–Crippen MR) is 70.5 cm³/mol. The van der Waals surface area contributed by atoms with E-state index in [2.05, 4.69) is 11.7 Å². The van der Waals surface area contributed by atoms with Crippen molar-refractivity contribution in [1.82, 2.24) is 0 Å². The van der Waals surface area contributed by atoms with Crippen molar-refractivity contribution in [1.29, 1.82) is 0 Å². The number of esters is 1. The van der Waals surface area contributed by atoms with Gasteiger partial charge in [0.1, 0.15) is 13.0 Å². The standard InChI is InChI=1S/C14H26O4/c1-3-5-6-7-8-9-10-17-12-13(15)11-14(16)18-4-2/h3-12H2,1-2H3. The van der Waals surface area contributed by atoms with Gasteiger partial charge >= 0.3 is 5.97 Å². The van der Waals surface area contributed by atoms with Crippen molar-refractivity contribution >= 4 is 11.8 Å². The highest BCUT2D eigenvalue weighted by atomic mass is 16.5. The maximum absolute atomic E-state index is 11.3. The van der Waals surface area contributed by atoms with Crippen LogP contribution < -0.4 is 0 Å². The van der Waals surface area contributed by atoms with Crippen LogP contribution in [0.5, 0.6) is 0 Å². The Bertz CT molecular complexity index is 226. The second-order valence-corrected chi connectivity index (χ2v) is 4.34. The molecule has 0 aromatic heterocycles. The summed E-state index contributed by atoms with van der Waals surface area (Å²) < 4.78 is 9.90. The van der Waals surface area contributed by atoms with Gasteiger partial charge in [-0.25, -0.2) is 0 Å². The first-order valence-electron chi connectivity index (χ1n) is 6.95. The molecule has 0 radical (unpaired) electrons. The minimum absolute atomic E-state index is 0.0216. The van der Waals surface area contributed by atoms with Crippen LogP contribution in [-0.2, 0) is 19.1 Å². The number of unbranched alkanes of at least 4 members (excludes halogenated alkanes) is 5. The third-order valence-electron chi connectivity index (χ3n) is 2.55. The van der Waals surface area contributed by atoms with Crippen molar-refractivity contribution in [2.75, 3.05) is 19.8 Å². The molecule has 0 saturated heterocycles. The van der Waals surface area contributed by atoms with Crippen LogP contribution in [0.3, 0.4) is 0 Å². The van der Waals surface area contributed by atoms with E-state index in [9.17, 15) is 9.59 Å².